The molecule has 0 spiro atoms. The molecule has 1 heterocycles. The van der Waals surface area contributed by atoms with Crippen LogP contribution in [0.3, 0.4) is 0 Å². The molecule has 0 unspecified atom stereocenters. The van der Waals surface area contributed by atoms with E-state index < -0.39 is 11.9 Å². The molecule has 0 fully saturated rings. The number of carbonyl (C=O) groups is 2. The number of benzene rings is 2. The summed E-state index contributed by atoms with van der Waals surface area (Å²) in [7, 11) is 0. The molecule has 0 saturated heterocycles. The Morgan fingerprint density at radius 2 is 0.825 bits per heavy atom. The van der Waals surface area contributed by atoms with E-state index in [1.54, 1.807) is 49.1 Å². The summed E-state index contributed by atoms with van der Waals surface area (Å²) in [4.78, 5) is 32.1. The Hall–Kier alpha value is -3.54. The van der Waals surface area contributed by atoms with Crippen LogP contribution < -0.4 is 0 Å². The highest BCUT2D eigenvalue weighted by atomic mass is 16.5. The summed E-state index contributed by atoms with van der Waals surface area (Å²) < 4.78 is 10.7. The fraction of sp³-hybridized carbons (Fsp3) is 0.471. The highest BCUT2D eigenvalue weighted by Gasteiger charge is 2.18. The van der Waals surface area contributed by atoms with Gasteiger partial charge in [0.05, 0.1) is 24.3 Å². The number of rotatable bonds is 16. The van der Waals surface area contributed by atoms with Crippen LogP contribution in [-0.4, -0.2) is 35.1 Å². The van der Waals surface area contributed by atoms with Crippen molar-refractivity contribution in [3.63, 3.8) is 0 Å². The van der Waals surface area contributed by atoms with Crippen LogP contribution in [0, 0.1) is 0 Å². The molecule has 0 aliphatic carbocycles. The number of unbranched alkanes of at least 4 members (excludes halogenated alkanes) is 10. The van der Waals surface area contributed by atoms with Gasteiger partial charge in [0.25, 0.3) is 0 Å². The Labute approximate surface area is 241 Å². The normalized spacial score (nSPS) is 9.85. The predicted molar refractivity (Wildman–Crippen MR) is 162 cm³/mol. The maximum atomic E-state index is 12.4. The monoisotopic (exact) mass is 548 g/mol. The van der Waals surface area contributed by atoms with Crippen LogP contribution in [0.25, 0.3) is 0 Å². The number of hydrogen-bond donors (Lipinski definition) is 0. The Bertz CT molecular complexity index is 850. The second-order valence-corrected chi connectivity index (χ2v) is 9.40. The van der Waals surface area contributed by atoms with Gasteiger partial charge < -0.3 is 9.47 Å². The minimum atomic E-state index is -0.444. The summed E-state index contributed by atoms with van der Waals surface area (Å²) in [5.74, 6) is -0.888. The summed E-state index contributed by atoms with van der Waals surface area (Å²) in [6.07, 6.45) is 20.2. The highest BCUT2D eigenvalue weighted by molar-refractivity contribution is 6.03. The number of carbonyl (C=O) groups excluding carboxylic acids is 2. The SMILES string of the molecule is CCCCCCCCOC(=O)c1ccccc1C(=O)OCCCCCCCC.c1ccccc1.c1cnccn1. The topological polar surface area (TPSA) is 78.4 Å². The van der Waals surface area contributed by atoms with E-state index >= 15 is 0 Å². The molecule has 6 nitrogen and oxygen atoms in total. The molecular formula is C34H48N2O4. The van der Waals surface area contributed by atoms with Gasteiger partial charge in [-0.05, 0) is 25.0 Å². The first kappa shape index (κ1) is 34.5. The van der Waals surface area contributed by atoms with E-state index in [2.05, 4.69) is 23.8 Å². The molecule has 0 aliphatic rings. The van der Waals surface area contributed by atoms with Crippen molar-refractivity contribution in [2.45, 2.75) is 90.9 Å². The molecule has 0 N–H and O–H groups in total. The minimum absolute atomic E-state index is 0.293. The van der Waals surface area contributed by atoms with Gasteiger partial charge in [-0.15, -0.1) is 0 Å². The van der Waals surface area contributed by atoms with Gasteiger partial charge in [-0.2, -0.15) is 0 Å². The smallest absolute Gasteiger partial charge is 0.339 e. The number of nitrogens with zero attached hydrogens (tertiary/aromatic N) is 2. The molecule has 0 aliphatic heterocycles. The third-order valence-corrected chi connectivity index (χ3v) is 5.97. The van der Waals surface area contributed by atoms with Gasteiger partial charge in [0.2, 0.25) is 0 Å². The fourth-order valence-electron chi connectivity index (χ4n) is 3.73. The number of hydrogen-bond acceptors (Lipinski definition) is 6. The number of esters is 2. The van der Waals surface area contributed by atoms with Gasteiger partial charge >= 0.3 is 11.9 Å². The van der Waals surface area contributed by atoms with Gasteiger partial charge in [-0.3, -0.25) is 9.97 Å². The lowest BCUT2D eigenvalue weighted by molar-refractivity contribution is 0.0450. The Kier molecular flexibility index (Phi) is 22.2. The fourth-order valence-corrected chi connectivity index (χ4v) is 3.73. The van der Waals surface area contributed by atoms with Gasteiger partial charge in [0.1, 0.15) is 0 Å². The molecule has 0 atom stereocenters. The van der Waals surface area contributed by atoms with Crippen molar-refractivity contribution in [2.75, 3.05) is 13.2 Å². The standard InChI is InChI=1S/C24H38O4.C6H6.C4H4N2/c1-3-5-7-9-11-15-19-27-23(25)21-17-13-14-18-22(21)24(26)28-20-16-12-10-8-6-4-2;1-2-4-6-5-3-1;1-2-6-4-3-5-1/h13-14,17-18H,3-12,15-16,19-20H2,1-2H3;1-6H;1-4H. The van der Waals surface area contributed by atoms with Gasteiger partial charge in [-0.25, -0.2) is 9.59 Å². The third kappa shape index (κ3) is 18.7. The van der Waals surface area contributed by atoms with Gasteiger partial charge in [-0.1, -0.05) is 127 Å². The molecular weight excluding hydrogens is 500 g/mol. The number of ether oxygens (including phenoxy) is 2. The molecule has 1 aromatic heterocycles. The molecule has 0 saturated carbocycles. The first-order chi connectivity index (χ1) is 19.7. The van der Waals surface area contributed by atoms with Crippen LogP contribution >= 0.6 is 0 Å². The lowest BCUT2D eigenvalue weighted by Crippen LogP contribution is -2.15. The zero-order valence-electron chi connectivity index (χ0n) is 24.5. The molecule has 40 heavy (non-hydrogen) atoms. The predicted octanol–water partition coefficient (Wildman–Crippen LogP) is 8.88. The molecule has 218 valence electrons. The Balaban J connectivity index is 0.000000537. The van der Waals surface area contributed by atoms with E-state index in [0.29, 0.717) is 24.3 Å². The average molecular weight is 549 g/mol. The lowest BCUT2D eigenvalue weighted by atomic mass is 10.1. The van der Waals surface area contributed by atoms with E-state index in [1.807, 2.05) is 36.4 Å². The largest absolute Gasteiger partial charge is 0.462 e. The van der Waals surface area contributed by atoms with Gasteiger partial charge in [0, 0.05) is 24.8 Å². The summed E-state index contributed by atoms with van der Waals surface area (Å²) in [5.41, 5.74) is 0.586. The van der Waals surface area contributed by atoms with Crippen LogP contribution in [0.2, 0.25) is 0 Å². The summed E-state index contributed by atoms with van der Waals surface area (Å²) in [5, 5.41) is 0. The molecule has 0 amide bonds. The van der Waals surface area contributed by atoms with Crippen molar-refractivity contribution in [1.29, 1.82) is 0 Å². The second-order valence-electron chi connectivity index (χ2n) is 9.40. The van der Waals surface area contributed by atoms with E-state index in [1.165, 1.54) is 51.4 Å². The summed E-state index contributed by atoms with van der Waals surface area (Å²) in [6.45, 7) is 5.17. The summed E-state index contributed by atoms with van der Waals surface area (Å²) in [6, 6.07) is 18.7. The van der Waals surface area contributed by atoms with Crippen LogP contribution in [0.15, 0.2) is 85.5 Å². The maximum absolute atomic E-state index is 12.4. The van der Waals surface area contributed by atoms with Crippen molar-refractivity contribution >= 4 is 11.9 Å². The van der Waals surface area contributed by atoms with E-state index in [9.17, 15) is 9.59 Å². The quantitative estimate of drug-likeness (QED) is 0.131. The van der Waals surface area contributed by atoms with Crippen LogP contribution in [0.1, 0.15) is 112 Å². The van der Waals surface area contributed by atoms with Crippen LogP contribution in [0.4, 0.5) is 0 Å². The van der Waals surface area contributed by atoms with E-state index in [0.717, 1.165) is 25.7 Å². The first-order valence-corrected chi connectivity index (χ1v) is 14.8. The molecule has 3 rings (SSSR count). The Morgan fingerprint density at radius 1 is 0.500 bits per heavy atom. The zero-order valence-corrected chi connectivity index (χ0v) is 24.5. The molecule has 0 radical (unpaired) electrons. The average Bonchev–Trinajstić information content (AvgIpc) is 3.02. The first-order valence-electron chi connectivity index (χ1n) is 14.8. The van der Waals surface area contributed by atoms with E-state index in [-0.39, 0.29) is 0 Å². The summed E-state index contributed by atoms with van der Waals surface area (Å²) >= 11 is 0. The van der Waals surface area contributed by atoms with Crippen LogP contribution in [-0.2, 0) is 9.47 Å². The Morgan fingerprint density at radius 3 is 1.15 bits per heavy atom. The maximum Gasteiger partial charge on any atom is 0.339 e. The van der Waals surface area contributed by atoms with Gasteiger partial charge in [0.15, 0.2) is 0 Å². The van der Waals surface area contributed by atoms with Crippen molar-refractivity contribution in [1.82, 2.24) is 9.97 Å². The van der Waals surface area contributed by atoms with E-state index in [4.69, 9.17) is 9.47 Å². The third-order valence-electron chi connectivity index (χ3n) is 5.97. The minimum Gasteiger partial charge on any atom is -0.462 e. The second kappa shape index (κ2) is 25.7. The zero-order chi connectivity index (χ0) is 28.9. The van der Waals surface area contributed by atoms with Crippen LogP contribution in [0.5, 0.6) is 0 Å². The molecule has 0 bridgehead atoms. The lowest BCUT2D eigenvalue weighted by Gasteiger charge is -2.10. The number of aromatic nitrogens is 2. The van der Waals surface area contributed by atoms with Crippen molar-refractivity contribution in [3.8, 4) is 0 Å². The molecule has 6 heteroatoms. The molecule has 3 aromatic rings. The van der Waals surface area contributed by atoms with Crippen molar-refractivity contribution in [2.24, 2.45) is 0 Å². The van der Waals surface area contributed by atoms with Crippen molar-refractivity contribution < 1.29 is 19.1 Å². The molecule has 2 aromatic carbocycles. The van der Waals surface area contributed by atoms with Crippen molar-refractivity contribution in [3.05, 3.63) is 96.6 Å². The highest BCUT2D eigenvalue weighted by Crippen LogP contribution is 2.14.